The lowest BCUT2D eigenvalue weighted by Crippen LogP contribution is -2.40. The van der Waals surface area contributed by atoms with Crippen molar-refractivity contribution in [2.45, 2.75) is 31.9 Å². The molecule has 2 aliphatic rings. The number of imide groups is 1. The molecule has 4 aromatic rings. The Balaban J connectivity index is 1.31. The van der Waals surface area contributed by atoms with Crippen LogP contribution in [0.2, 0.25) is 0 Å². The van der Waals surface area contributed by atoms with E-state index in [1.807, 2.05) is 84.3 Å². The van der Waals surface area contributed by atoms with Gasteiger partial charge in [0.2, 0.25) is 11.8 Å². The number of carbonyl (C=O) groups is 2. The average Bonchev–Trinajstić information content (AvgIpc) is 3.69. The molecule has 236 valence electrons. The number of carbonyl (C=O) groups excluding carboxylic acids is 2. The van der Waals surface area contributed by atoms with Gasteiger partial charge in [0.1, 0.15) is 18.1 Å². The molecule has 2 aromatic heterocycles. The topological polar surface area (TPSA) is 120 Å². The molecular formula is C37H36N2O6S. The van der Waals surface area contributed by atoms with E-state index in [9.17, 15) is 24.9 Å². The Bertz CT molecular complexity index is 1700. The quantitative estimate of drug-likeness (QED) is 0.134. The molecule has 8 nitrogen and oxygen atoms in total. The number of amides is 2. The zero-order valence-electron chi connectivity index (χ0n) is 25.2. The van der Waals surface area contributed by atoms with Gasteiger partial charge < -0.3 is 20.1 Å². The second-order valence-electron chi connectivity index (χ2n) is 11.7. The maximum absolute atomic E-state index is 13.8. The van der Waals surface area contributed by atoms with Crippen molar-refractivity contribution in [3.05, 3.63) is 124 Å². The molecule has 6 rings (SSSR count). The molecule has 0 saturated carbocycles. The highest BCUT2D eigenvalue weighted by Crippen LogP contribution is 2.47. The highest BCUT2D eigenvalue weighted by Gasteiger charge is 2.54. The first-order chi connectivity index (χ1) is 22.4. The number of hydrogen-bond acceptors (Lipinski definition) is 8. The summed E-state index contributed by atoms with van der Waals surface area (Å²) in [5.41, 5.74) is 3.82. The molecule has 9 heteroatoms. The van der Waals surface area contributed by atoms with Crippen molar-refractivity contribution < 1.29 is 29.6 Å². The van der Waals surface area contributed by atoms with Crippen LogP contribution in [0.1, 0.15) is 35.4 Å². The number of rotatable bonds is 12. The number of ether oxygens (including phenoxy) is 1. The Hall–Kier alpha value is -4.57. The van der Waals surface area contributed by atoms with Crippen molar-refractivity contribution in [2.75, 3.05) is 13.2 Å². The SMILES string of the molecule is O=C1[C@@H]2[C@@H](CC(COc3ccccc3)=C([C@H](O)CC/C(=C/c3ccc(O)cc3)c3ccccn3)[C@@H]2CO)C(=O)N1Cc1cccs1. The fourth-order valence-corrected chi connectivity index (χ4v) is 7.30. The van der Waals surface area contributed by atoms with Crippen LogP contribution in [0.4, 0.5) is 0 Å². The Morgan fingerprint density at radius 1 is 1.00 bits per heavy atom. The molecule has 1 aliphatic carbocycles. The van der Waals surface area contributed by atoms with Gasteiger partial charge in [-0.1, -0.05) is 42.5 Å². The van der Waals surface area contributed by atoms with Gasteiger partial charge in [0, 0.05) is 17.0 Å². The molecule has 0 unspecified atom stereocenters. The number of aliphatic hydroxyl groups excluding tert-OH is 2. The Kier molecular flexibility index (Phi) is 9.73. The number of hydrogen-bond donors (Lipinski definition) is 3. The Morgan fingerprint density at radius 3 is 2.48 bits per heavy atom. The van der Waals surface area contributed by atoms with E-state index in [0.29, 0.717) is 24.2 Å². The molecule has 0 bridgehead atoms. The number of fused-ring (bicyclic) bond motifs is 1. The lowest BCUT2D eigenvalue weighted by atomic mass is 9.68. The van der Waals surface area contributed by atoms with Crippen molar-refractivity contribution >= 4 is 34.8 Å². The molecule has 1 saturated heterocycles. The molecule has 2 aromatic carbocycles. The van der Waals surface area contributed by atoms with E-state index in [2.05, 4.69) is 4.98 Å². The monoisotopic (exact) mass is 636 g/mol. The van der Waals surface area contributed by atoms with Gasteiger partial charge in [0.05, 0.1) is 36.8 Å². The standard InChI is InChI=1S/C37H36N2O6S/c40-22-31-34(33(42)16-13-25(32-10-4-5-17-38-32)19-24-11-14-27(41)15-12-24)26(23-45-28-7-2-1-3-8-28)20-30-35(31)37(44)39(36(30)43)21-29-9-6-18-46-29/h1-12,14-15,17-19,30-31,33,35,40-42H,13,16,20-23H2/b25-19-/t30-,31+,33-,35-/m1/s1. The molecule has 1 fully saturated rings. The number of para-hydroxylation sites is 1. The van der Waals surface area contributed by atoms with E-state index in [1.54, 1.807) is 18.3 Å². The number of aromatic hydroxyl groups is 1. The molecular weight excluding hydrogens is 600 g/mol. The third-order valence-corrected chi connectivity index (χ3v) is 9.66. The summed E-state index contributed by atoms with van der Waals surface area (Å²) in [5.74, 6) is -1.86. The van der Waals surface area contributed by atoms with E-state index >= 15 is 0 Å². The molecule has 1 aliphatic heterocycles. The minimum atomic E-state index is -1.01. The maximum atomic E-state index is 13.8. The van der Waals surface area contributed by atoms with E-state index in [4.69, 9.17) is 4.74 Å². The van der Waals surface area contributed by atoms with Crippen LogP contribution in [-0.2, 0) is 16.1 Å². The fourth-order valence-electron chi connectivity index (χ4n) is 6.60. The zero-order chi connectivity index (χ0) is 32.0. The third kappa shape index (κ3) is 6.82. The van der Waals surface area contributed by atoms with Crippen molar-refractivity contribution in [2.24, 2.45) is 17.8 Å². The summed E-state index contributed by atoms with van der Waals surface area (Å²) in [7, 11) is 0. The van der Waals surface area contributed by atoms with E-state index < -0.39 is 23.9 Å². The number of aromatic nitrogens is 1. The van der Waals surface area contributed by atoms with Crippen molar-refractivity contribution in [3.8, 4) is 11.5 Å². The first-order valence-electron chi connectivity index (χ1n) is 15.4. The molecule has 0 spiro atoms. The minimum absolute atomic E-state index is 0.124. The van der Waals surface area contributed by atoms with Crippen LogP contribution < -0.4 is 4.74 Å². The number of benzene rings is 2. The van der Waals surface area contributed by atoms with Gasteiger partial charge in [-0.15, -0.1) is 11.3 Å². The number of thiophene rings is 1. The predicted molar refractivity (Wildman–Crippen MR) is 176 cm³/mol. The predicted octanol–water partition coefficient (Wildman–Crippen LogP) is 5.72. The summed E-state index contributed by atoms with van der Waals surface area (Å²) in [4.78, 5) is 34.2. The van der Waals surface area contributed by atoms with Gasteiger partial charge in [0.15, 0.2) is 0 Å². The van der Waals surface area contributed by atoms with Crippen molar-refractivity contribution in [1.82, 2.24) is 9.88 Å². The number of phenols is 1. The number of pyridine rings is 1. The first-order valence-corrected chi connectivity index (χ1v) is 16.3. The molecule has 3 N–H and O–H groups in total. The zero-order valence-corrected chi connectivity index (χ0v) is 26.1. The molecule has 46 heavy (non-hydrogen) atoms. The summed E-state index contributed by atoms with van der Waals surface area (Å²) in [6, 6.07) is 25.6. The Labute approximate surface area is 271 Å². The summed E-state index contributed by atoms with van der Waals surface area (Å²) in [6.45, 7) is -0.0621. The second-order valence-corrected chi connectivity index (χ2v) is 12.7. The van der Waals surface area contributed by atoms with Gasteiger partial charge in [-0.05, 0) is 95.5 Å². The maximum Gasteiger partial charge on any atom is 0.234 e. The average molecular weight is 637 g/mol. The number of likely N-dealkylation sites (tertiary alicyclic amines) is 1. The van der Waals surface area contributed by atoms with Crippen molar-refractivity contribution in [3.63, 3.8) is 0 Å². The molecule has 3 heterocycles. The van der Waals surface area contributed by atoms with Crippen molar-refractivity contribution in [1.29, 1.82) is 0 Å². The highest BCUT2D eigenvalue weighted by atomic mass is 32.1. The highest BCUT2D eigenvalue weighted by molar-refractivity contribution is 7.09. The van der Waals surface area contributed by atoms with Crippen LogP contribution in [0, 0.1) is 17.8 Å². The normalized spacial score (nSPS) is 20.6. The summed E-state index contributed by atoms with van der Waals surface area (Å²) >= 11 is 1.49. The molecule has 0 radical (unpaired) electrons. The van der Waals surface area contributed by atoms with Gasteiger partial charge in [-0.3, -0.25) is 19.5 Å². The van der Waals surface area contributed by atoms with Crippen LogP contribution in [0.25, 0.3) is 11.6 Å². The smallest absolute Gasteiger partial charge is 0.234 e. The van der Waals surface area contributed by atoms with Crippen LogP contribution in [0.3, 0.4) is 0 Å². The third-order valence-electron chi connectivity index (χ3n) is 8.80. The summed E-state index contributed by atoms with van der Waals surface area (Å²) in [5, 5.41) is 34.3. The lowest BCUT2D eigenvalue weighted by Gasteiger charge is -2.36. The van der Waals surface area contributed by atoms with Crippen LogP contribution in [0.15, 0.2) is 108 Å². The van der Waals surface area contributed by atoms with E-state index in [0.717, 1.165) is 27.3 Å². The van der Waals surface area contributed by atoms with Gasteiger partial charge in [-0.2, -0.15) is 0 Å². The van der Waals surface area contributed by atoms with Crippen LogP contribution in [0.5, 0.6) is 11.5 Å². The number of allylic oxidation sites excluding steroid dienone is 1. The van der Waals surface area contributed by atoms with Gasteiger partial charge in [-0.25, -0.2) is 0 Å². The van der Waals surface area contributed by atoms with Crippen LogP contribution in [-0.4, -0.2) is 56.3 Å². The largest absolute Gasteiger partial charge is 0.508 e. The summed E-state index contributed by atoms with van der Waals surface area (Å²) in [6.07, 6.45) is 3.69. The Morgan fingerprint density at radius 2 is 1.78 bits per heavy atom. The minimum Gasteiger partial charge on any atom is -0.508 e. The van der Waals surface area contributed by atoms with Gasteiger partial charge >= 0.3 is 0 Å². The second kappa shape index (κ2) is 14.2. The number of nitrogens with zero attached hydrogens (tertiary/aromatic N) is 2. The number of aliphatic hydroxyl groups is 2. The number of phenolic OH excluding ortho intramolecular Hbond substituents is 1. The van der Waals surface area contributed by atoms with E-state index in [-0.39, 0.29) is 43.7 Å². The lowest BCUT2D eigenvalue weighted by molar-refractivity contribution is -0.140. The van der Waals surface area contributed by atoms with Gasteiger partial charge in [0.25, 0.3) is 0 Å². The molecule has 4 atom stereocenters. The molecule has 2 amide bonds. The summed E-state index contributed by atoms with van der Waals surface area (Å²) < 4.78 is 6.12. The first kappa shape index (κ1) is 31.4. The fraction of sp³-hybridized carbons (Fsp3) is 0.270. The van der Waals surface area contributed by atoms with Crippen LogP contribution >= 0.6 is 11.3 Å². The van der Waals surface area contributed by atoms with E-state index in [1.165, 1.54) is 16.2 Å².